The highest BCUT2D eigenvalue weighted by Crippen LogP contribution is 2.45. The average Bonchev–Trinajstić information content (AvgIpc) is 3.90. The van der Waals surface area contributed by atoms with Crippen molar-refractivity contribution >= 4 is 32.8 Å². The highest BCUT2D eigenvalue weighted by atomic mass is 16.5. The van der Waals surface area contributed by atoms with Crippen LogP contribution in [-0.2, 0) is 5.41 Å². The fourth-order valence-electron chi connectivity index (χ4n) is 9.65. The van der Waals surface area contributed by atoms with Gasteiger partial charge in [0.25, 0.3) is 6.33 Å². The number of nitrogens with zero attached hydrogens (tertiary/aromatic N) is 4. The Morgan fingerprint density at radius 1 is 0.562 bits per heavy atom. The summed E-state index contributed by atoms with van der Waals surface area (Å²) in [4.78, 5) is 4.87. The van der Waals surface area contributed by atoms with Crippen LogP contribution in [0.1, 0.15) is 36.0 Å². The van der Waals surface area contributed by atoms with Crippen LogP contribution in [0.3, 0.4) is 0 Å². The number of rotatable bonds is 5. The Labute approximate surface area is 377 Å². The molecule has 1 aliphatic heterocycles. The van der Waals surface area contributed by atoms with Gasteiger partial charge in [0.1, 0.15) is 17.3 Å². The molecule has 11 aromatic rings. The zero-order chi connectivity index (χ0) is 45.6. The van der Waals surface area contributed by atoms with E-state index in [1.165, 1.54) is 5.56 Å². The lowest BCUT2D eigenvalue weighted by atomic mass is 9.88. The topological polar surface area (TPSA) is 35.9 Å². The summed E-state index contributed by atoms with van der Waals surface area (Å²) in [6.07, 6.45) is 5.66. The lowest BCUT2D eigenvalue weighted by molar-refractivity contribution is -0.570. The summed E-state index contributed by atoms with van der Waals surface area (Å²) in [6, 6.07) is 64.1. The van der Waals surface area contributed by atoms with Crippen molar-refractivity contribution in [1.29, 1.82) is 0 Å². The quantitative estimate of drug-likeness (QED) is 0.128. The van der Waals surface area contributed by atoms with Crippen LogP contribution < -0.4 is 9.30 Å². The smallest absolute Gasteiger partial charge is 0.269 e. The molecule has 0 unspecified atom stereocenters. The summed E-state index contributed by atoms with van der Waals surface area (Å²) >= 11 is 0. The third-order valence-corrected chi connectivity index (χ3v) is 12.7. The molecule has 64 heavy (non-hydrogen) atoms. The van der Waals surface area contributed by atoms with E-state index in [1.54, 1.807) is 6.07 Å². The molecule has 5 nitrogen and oxygen atoms in total. The molecular formula is C59H44N4O. The minimum Gasteiger partial charge on any atom is -0.458 e. The number of fused-ring (bicyclic) bond motifs is 10. The predicted octanol–water partition coefficient (Wildman–Crippen LogP) is 14.6. The number of ether oxygens (including phenoxy) is 1. The molecule has 0 saturated carbocycles. The average molecular weight is 828 g/mol. The van der Waals surface area contributed by atoms with E-state index in [4.69, 9.17) is 13.8 Å². The molecule has 0 bridgehead atoms. The summed E-state index contributed by atoms with van der Waals surface area (Å²) < 4.78 is 39.9. The van der Waals surface area contributed by atoms with E-state index in [0.29, 0.717) is 22.7 Å². The number of aromatic nitrogens is 4. The Morgan fingerprint density at radius 3 is 2.00 bits per heavy atom. The van der Waals surface area contributed by atoms with Crippen LogP contribution in [0.5, 0.6) is 11.5 Å². The molecule has 4 heterocycles. The van der Waals surface area contributed by atoms with Crippen molar-refractivity contribution in [2.24, 2.45) is 0 Å². The van der Waals surface area contributed by atoms with E-state index in [0.717, 1.165) is 83.3 Å². The van der Waals surface area contributed by atoms with Crippen LogP contribution in [0.2, 0.25) is 0 Å². The number of hydrogen-bond donors (Lipinski definition) is 0. The fraction of sp³-hybridized carbons (Fsp3) is 0.0847. The second-order valence-corrected chi connectivity index (χ2v) is 17.6. The van der Waals surface area contributed by atoms with Crippen LogP contribution in [-0.4, -0.2) is 14.1 Å². The molecule has 3 aromatic heterocycles. The van der Waals surface area contributed by atoms with Crippen LogP contribution in [0.15, 0.2) is 194 Å². The minimum absolute atomic E-state index is 0.0533. The van der Waals surface area contributed by atoms with Gasteiger partial charge in [-0.3, -0.25) is 13.7 Å². The second-order valence-electron chi connectivity index (χ2n) is 17.6. The van der Waals surface area contributed by atoms with Gasteiger partial charge < -0.3 is 4.74 Å². The standard InChI is InChI=1S/C59H44N4O/c1-38-28-30-52-48-23-11-9-21-46(48)45-20-8-10-22-47(45)51-26-15-25-44(39-16-6-5-7-17-39)57(51)62-37-61(56(38)58(52)62)41-18-14-19-42(35-41)64-43-29-31-50-49-24-12-13-27-53(49)63(54(50)36-43)55-34-40(32-33-60-55)59(2,3)4/h5-36H,1-4H3/i1D3. The molecule has 5 heteroatoms. The van der Waals surface area contributed by atoms with Gasteiger partial charge in [0, 0.05) is 27.1 Å². The molecule has 8 aromatic carbocycles. The largest absolute Gasteiger partial charge is 0.458 e. The number of pyridine rings is 1. The summed E-state index contributed by atoms with van der Waals surface area (Å²) in [5.41, 5.74) is 14.4. The third-order valence-electron chi connectivity index (χ3n) is 12.7. The maximum atomic E-state index is 8.97. The van der Waals surface area contributed by atoms with Gasteiger partial charge in [-0.05, 0) is 116 Å². The zero-order valence-corrected chi connectivity index (χ0v) is 35.7. The van der Waals surface area contributed by atoms with Gasteiger partial charge in [0.15, 0.2) is 0 Å². The van der Waals surface area contributed by atoms with E-state index in [9.17, 15) is 0 Å². The SMILES string of the molecule is [2H]C([2H])([2H])c1ccc2c3c1n(-c1cccc(Oc4ccc5c6ccccc6n(-c6cc(C(C)(C)C)ccn6)c5c4)c1)[c-][n+]3-c1c(-c3ccccc3)cccc1-c1ccccc1-c1ccccc1-2. The molecule has 0 N–H and O–H groups in total. The number of imidazole rings is 1. The van der Waals surface area contributed by atoms with Gasteiger partial charge in [-0.1, -0.05) is 154 Å². The van der Waals surface area contributed by atoms with Crippen LogP contribution in [0.25, 0.3) is 94.5 Å². The molecule has 0 radical (unpaired) electrons. The highest BCUT2D eigenvalue weighted by Gasteiger charge is 2.27. The van der Waals surface area contributed by atoms with Gasteiger partial charge >= 0.3 is 0 Å². The minimum atomic E-state index is -2.45. The summed E-state index contributed by atoms with van der Waals surface area (Å²) in [5.74, 6) is 2.08. The van der Waals surface area contributed by atoms with Gasteiger partial charge in [0.05, 0.1) is 33.4 Å². The molecule has 0 saturated heterocycles. The molecule has 0 atom stereocenters. The van der Waals surface area contributed by atoms with Crippen LogP contribution in [0, 0.1) is 13.2 Å². The van der Waals surface area contributed by atoms with Crippen molar-refractivity contribution in [2.75, 3.05) is 0 Å². The first kappa shape index (κ1) is 34.6. The molecular weight excluding hydrogens is 781 g/mol. The first-order valence-corrected chi connectivity index (χ1v) is 21.7. The van der Waals surface area contributed by atoms with Gasteiger partial charge in [0.2, 0.25) is 0 Å². The van der Waals surface area contributed by atoms with Crippen molar-refractivity contribution < 1.29 is 13.4 Å². The lowest BCUT2D eigenvalue weighted by Gasteiger charge is -2.20. The van der Waals surface area contributed by atoms with Crippen molar-refractivity contribution in [3.63, 3.8) is 0 Å². The maximum absolute atomic E-state index is 8.97. The Hall–Kier alpha value is -8.02. The maximum Gasteiger partial charge on any atom is 0.269 e. The molecule has 12 rings (SSSR count). The lowest BCUT2D eigenvalue weighted by Crippen LogP contribution is -2.32. The summed E-state index contributed by atoms with van der Waals surface area (Å²) in [5, 5.41) is 2.22. The highest BCUT2D eigenvalue weighted by molar-refractivity contribution is 6.09. The molecule has 0 spiro atoms. The van der Waals surface area contributed by atoms with Gasteiger partial charge in [-0.15, -0.1) is 0 Å². The summed E-state index contributed by atoms with van der Waals surface area (Å²) in [6.45, 7) is 4.19. The van der Waals surface area contributed by atoms with Crippen LogP contribution in [0.4, 0.5) is 0 Å². The van der Waals surface area contributed by atoms with E-state index < -0.39 is 6.85 Å². The zero-order valence-electron chi connectivity index (χ0n) is 38.7. The Morgan fingerprint density at radius 2 is 1.22 bits per heavy atom. The first-order chi connectivity index (χ1) is 32.5. The van der Waals surface area contributed by atoms with Crippen molar-refractivity contribution in [3.05, 3.63) is 212 Å². The van der Waals surface area contributed by atoms with E-state index in [1.807, 2.05) is 71.4 Å². The van der Waals surface area contributed by atoms with Crippen molar-refractivity contribution in [1.82, 2.24) is 14.1 Å². The van der Waals surface area contributed by atoms with Gasteiger partial charge in [-0.25, -0.2) is 4.98 Å². The number of aryl methyl sites for hydroxylation is 1. The first-order valence-electron chi connectivity index (χ1n) is 23.2. The Balaban J connectivity index is 1.08. The van der Waals surface area contributed by atoms with E-state index >= 15 is 0 Å². The molecule has 0 amide bonds. The van der Waals surface area contributed by atoms with E-state index in [-0.39, 0.29) is 11.0 Å². The van der Waals surface area contributed by atoms with Crippen LogP contribution >= 0.6 is 0 Å². The molecule has 306 valence electrons. The Bertz CT molecular complexity index is 3760. The summed E-state index contributed by atoms with van der Waals surface area (Å²) in [7, 11) is 0. The molecule has 0 aliphatic carbocycles. The fourth-order valence-corrected chi connectivity index (χ4v) is 9.65. The van der Waals surface area contributed by atoms with Crippen molar-refractivity contribution in [2.45, 2.75) is 33.0 Å². The normalized spacial score (nSPS) is 13.0. The molecule has 1 aliphatic rings. The van der Waals surface area contributed by atoms with E-state index in [2.05, 4.69) is 158 Å². The number of hydrogen-bond acceptors (Lipinski definition) is 2. The molecule has 0 fully saturated rings. The van der Waals surface area contributed by atoms with Crippen molar-refractivity contribution in [3.8, 4) is 73.2 Å². The third kappa shape index (κ3) is 5.99. The number of para-hydroxylation sites is 2. The second kappa shape index (κ2) is 14.5. The Kier molecular flexibility index (Phi) is 7.85. The van der Waals surface area contributed by atoms with Gasteiger partial charge in [-0.2, -0.15) is 0 Å². The number of benzene rings is 8. The predicted molar refractivity (Wildman–Crippen MR) is 261 cm³/mol. The monoisotopic (exact) mass is 827 g/mol.